The second-order valence-corrected chi connectivity index (χ2v) is 4.57. The van der Waals surface area contributed by atoms with Crippen molar-refractivity contribution in [2.24, 2.45) is 0 Å². The summed E-state index contributed by atoms with van der Waals surface area (Å²) in [4.78, 5) is 12.2. The van der Waals surface area contributed by atoms with Crippen LogP contribution in [0.4, 0.5) is 4.39 Å². The second kappa shape index (κ2) is 4.52. The van der Waals surface area contributed by atoms with E-state index >= 15 is 0 Å². The van der Waals surface area contributed by atoms with Gasteiger partial charge in [-0.15, -0.1) is 0 Å². The van der Waals surface area contributed by atoms with Gasteiger partial charge in [0.05, 0.1) is 0 Å². The van der Waals surface area contributed by atoms with Crippen molar-refractivity contribution >= 4 is 28.4 Å². The van der Waals surface area contributed by atoms with Crippen LogP contribution in [-0.4, -0.2) is 5.78 Å². The topological polar surface area (TPSA) is 30.2 Å². The summed E-state index contributed by atoms with van der Waals surface area (Å²) in [6.07, 6.45) is 0. The molecule has 4 heteroatoms. The first-order valence-electron chi connectivity index (χ1n) is 5.63. The molecule has 19 heavy (non-hydrogen) atoms. The fraction of sp³-hybridized carbons (Fsp3) is 0. The maximum absolute atomic E-state index is 13.1. The van der Waals surface area contributed by atoms with Gasteiger partial charge in [-0.2, -0.15) is 0 Å². The number of rotatable bonds is 2. The van der Waals surface area contributed by atoms with Gasteiger partial charge in [-0.1, -0.05) is 11.6 Å². The minimum absolute atomic E-state index is 0.183. The van der Waals surface area contributed by atoms with E-state index in [2.05, 4.69) is 0 Å². The molecule has 0 aliphatic rings. The van der Waals surface area contributed by atoms with Gasteiger partial charge in [0.15, 0.2) is 5.76 Å². The highest BCUT2D eigenvalue weighted by molar-refractivity contribution is 6.30. The van der Waals surface area contributed by atoms with Gasteiger partial charge in [-0.25, -0.2) is 4.39 Å². The summed E-state index contributed by atoms with van der Waals surface area (Å²) >= 11 is 5.77. The molecule has 0 amide bonds. The second-order valence-electron chi connectivity index (χ2n) is 4.13. The molecule has 0 unspecified atom stereocenters. The Hall–Kier alpha value is -2.13. The zero-order chi connectivity index (χ0) is 13.4. The molecular formula is C15H8ClFO2. The Kier molecular flexibility index (Phi) is 2.84. The highest BCUT2D eigenvalue weighted by Crippen LogP contribution is 2.23. The Morgan fingerprint density at radius 1 is 1.05 bits per heavy atom. The minimum Gasteiger partial charge on any atom is -0.453 e. The van der Waals surface area contributed by atoms with E-state index in [4.69, 9.17) is 16.0 Å². The molecule has 1 aromatic heterocycles. The van der Waals surface area contributed by atoms with Crippen molar-refractivity contribution < 1.29 is 13.6 Å². The quantitative estimate of drug-likeness (QED) is 0.646. The van der Waals surface area contributed by atoms with Crippen molar-refractivity contribution in [3.8, 4) is 0 Å². The zero-order valence-electron chi connectivity index (χ0n) is 9.69. The van der Waals surface area contributed by atoms with Crippen LogP contribution in [0, 0.1) is 5.82 Å². The lowest BCUT2D eigenvalue weighted by atomic mass is 10.1. The Labute approximate surface area is 113 Å². The monoisotopic (exact) mass is 274 g/mol. The maximum atomic E-state index is 13.1. The van der Waals surface area contributed by atoms with Gasteiger partial charge in [0.25, 0.3) is 0 Å². The van der Waals surface area contributed by atoms with E-state index in [1.54, 1.807) is 24.3 Å². The van der Waals surface area contributed by atoms with Crippen LogP contribution in [0.5, 0.6) is 0 Å². The van der Waals surface area contributed by atoms with Crippen molar-refractivity contribution in [3.05, 3.63) is 70.7 Å². The average Bonchev–Trinajstić information content (AvgIpc) is 2.81. The van der Waals surface area contributed by atoms with Crippen molar-refractivity contribution in [1.29, 1.82) is 0 Å². The molecule has 0 N–H and O–H groups in total. The number of ketones is 1. The van der Waals surface area contributed by atoms with Crippen molar-refractivity contribution in [2.75, 3.05) is 0 Å². The molecule has 0 atom stereocenters. The van der Waals surface area contributed by atoms with Gasteiger partial charge >= 0.3 is 0 Å². The summed E-state index contributed by atoms with van der Waals surface area (Å²) in [6.45, 7) is 0. The molecule has 0 aliphatic carbocycles. The molecule has 94 valence electrons. The maximum Gasteiger partial charge on any atom is 0.228 e. The molecule has 0 bridgehead atoms. The number of carbonyl (C=O) groups is 1. The van der Waals surface area contributed by atoms with Crippen molar-refractivity contribution in [2.45, 2.75) is 0 Å². The molecule has 3 rings (SSSR count). The lowest BCUT2D eigenvalue weighted by molar-refractivity contribution is 0.101. The van der Waals surface area contributed by atoms with Crippen LogP contribution in [0.25, 0.3) is 11.0 Å². The van der Waals surface area contributed by atoms with Crippen LogP contribution >= 0.6 is 11.6 Å². The number of carbonyl (C=O) groups excluding carboxylic acids is 1. The van der Waals surface area contributed by atoms with E-state index in [0.29, 0.717) is 21.6 Å². The SMILES string of the molecule is O=C(c1ccc(Cl)cc1)c1cc2cc(F)ccc2o1. The van der Waals surface area contributed by atoms with E-state index < -0.39 is 0 Å². The number of halogens is 2. The third-order valence-corrected chi connectivity index (χ3v) is 3.06. The fourth-order valence-corrected chi connectivity index (χ4v) is 2.00. The van der Waals surface area contributed by atoms with Gasteiger partial charge < -0.3 is 4.42 Å². The lowest BCUT2D eigenvalue weighted by Gasteiger charge is -1.97. The predicted octanol–water partition coefficient (Wildman–Crippen LogP) is 4.46. The summed E-state index contributed by atoms with van der Waals surface area (Å²) in [5, 5.41) is 1.13. The first kappa shape index (κ1) is 11.9. The number of fused-ring (bicyclic) bond motifs is 1. The molecular weight excluding hydrogens is 267 g/mol. The zero-order valence-corrected chi connectivity index (χ0v) is 10.4. The first-order chi connectivity index (χ1) is 9.13. The van der Waals surface area contributed by atoms with Gasteiger partial charge in [-0.05, 0) is 48.5 Å². The van der Waals surface area contributed by atoms with Crippen LogP contribution in [0.3, 0.4) is 0 Å². The van der Waals surface area contributed by atoms with Crippen molar-refractivity contribution in [3.63, 3.8) is 0 Å². The normalized spacial score (nSPS) is 10.8. The molecule has 2 aromatic carbocycles. The molecule has 0 saturated carbocycles. The van der Waals surface area contributed by atoms with E-state index in [1.807, 2.05) is 0 Å². The van der Waals surface area contributed by atoms with E-state index in [1.165, 1.54) is 24.3 Å². The highest BCUT2D eigenvalue weighted by atomic mass is 35.5. The van der Waals surface area contributed by atoms with Gasteiger partial charge in [0.1, 0.15) is 11.4 Å². The number of hydrogen-bond donors (Lipinski definition) is 0. The summed E-state index contributed by atoms with van der Waals surface area (Å²) < 4.78 is 18.5. The van der Waals surface area contributed by atoms with Crippen LogP contribution in [0.15, 0.2) is 52.9 Å². The fourth-order valence-electron chi connectivity index (χ4n) is 1.87. The predicted molar refractivity (Wildman–Crippen MR) is 71.1 cm³/mol. The van der Waals surface area contributed by atoms with Gasteiger partial charge in [0, 0.05) is 16.0 Å². The summed E-state index contributed by atoms with van der Waals surface area (Å²) in [7, 11) is 0. The highest BCUT2D eigenvalue weighted by Gasteiger charge is 2.14. The lowest BCUT2D eigenvalue weighted by Crippen LogP contribution is -1.98. The summed E-state index contributed by atoms with van der Waals surface area (Å²) in [5.41, 5.74) is 0.961. The third kappa shape index (κ3) is 2.25. The van der Waals surface area contributed by atoms with Gasteiger partial charge in [0.2, 0.25) is 5.78 Å². The number of benzene rings is 2. The largest absolute Gasteiger partial charge is 0.453 e. The Balaban J connectivity index is 2.04. The molecule has 0 spiro atoms. The minimum atomic E-state index is -0.362. The Morgan fingerprint density at radius 3 is 2.53 bits per heavy atom. The van der Waals surface area contributed by atoms with Gasteiger partial charge in [-0.3, -0.25) is 4.79 Å². The molecule has 0 aliphatic heterocycles. The molecule has 0 saturated heterocycles. The van der Waals surface area contributed by atoms with E-state index in [0.717, 1.165) is 0 Å². The molecule has 0 fully saturated rings. The van der Waals surface area contributed by atoms with E-state index in [-0.39, 0.29) is 17.4 Å². The number of furan rings is 1. The summed E-state index contributed by atoms with van der Waals surface area (Å²) in [6, 6.07) is 12.2. The van der Waals surface area contributed by atoms with Crippen molar-refractivity contribution in [1.82, 2.24) is 0 Å². The number of hydrogen-bond acceptors (Lipinski definition) is 2. The van der Waals surface area contributed by atoms with Crippen LogP contribution in [-0.2, 0) is 0 Å². The van der Waals surface area contributed by atoms with Crippen LogP contribution in [0.1, 0.15) is 16.1 Å². The molecule has 1 heterocycles. The van der Waals surface area contributed by atoms with E-state index in [9.17, 15) is 9.18 Å². The Bertz CT molecular complexity index is 759. The average molecular weight is 275 g/mol. The smallest absolute Gasteiger partial charge is 0.228 e. The van der Waals surface area contributed by atoms with Crippen LogP contribution < -0.4 is 0 Å². The first-order valence-corrected chi connectivity index (χ1v) is 6.01. The summed E-state index contributed by atoms with van der Waals surface area (Å²) in [5.74, 6) is -0.435. The standard InChI is InChI=1S/C15H8ClFO2/c16-11-3-1-9(2-4-11)15(18)14-8-10-7-12(17)5-6-13(10)19-14/h1-8H. The molecule has 3 aromatic rings. The molecule has 0 radical (unpaired) electrons. The third-order valence-electron chi connectivity index (χ3n) is 2.81. The molecule has 2 nitrogen and oxygen atoms in total. The van der Waals surface area contributed by atoms with Crippen LogP contribution in [0.2, 0.25) is 5.02 Å². The Morgan fingerprint density at radius 2 is 1.79 bits per heavy atom.